The largest absolute Gasteiger partial charge is 0.410 e. The average Bonchev–Trinajstić information content (AvgIpc) is 2.48. The number of rotatable bonds is 3. The predicted molar refractivity (Wildman–Crippen MR) is 62.1 cm³/mol. The summed E-state index contributed by atoms with van der Waals surface area (Å²) in [7, 11) is 0. The molecule has 0 bridgehead atoms. The molecule has 2 rings (SSSR count). The monoisotopic (exact) mass is 216 g/mol. The maximum absolute atomic E-state index is 10.4. The van der Waals surface area contributed by atoms with Crippen LogP contribution in [0.5, 0.6) is 0 Å². The SMILES string of the molecule is CCC1=C(OC=O)Nc2ccccc2C=N1. The maximum atomic E-state index is 10.4. The maximum Gasteiger partial charge on any atom is 0.299 e. The van der Waals surface area contributed by atoms with Crippen LogP contribution in [0.2, 0.25) is 0 Å². The highest BCUT2D eigenvalue weighted by molar-refractivity contribution is 5.89. The number of fused-ring (bicyclic) bond motifs is 1. The average molecular weight is 216 g/mol. The number of hydrogen-bond donors (Lipinski definition) is 1. The molecule has 0 radical (unpaired) electrons. The van der Waals surface area contributed by atoms with E-state index in [-0.39, 0.29) is 0 Å². The summed E-state index contributed by atoms with van der Waals surface area (Å²) in [6, 6.07) is 7.70. The van der Waals surface area contributed by atoms with Crippen molar-refractivity contribution in [2.75, 3.05) is 5.32 Å². The van der Waals surface area contributed by atoms with Crippen molar-refractivity contribution < 1.29 is 9.53 Å². The lowest BCUT2D eigenvalue weighted by Crippen LogP contribution is -2.05. The van der Waals surface area contributed by atoms with Crippen molar-refractivity contribution in [3.05, 3.63) is 41.4 Å². The van der Waals surface area contributed by atoms with Crippen molar-refractivity contribution in [2.45, 2.75) is 13.3 Å². The van der Waals surface area contributed by atoms with Crippen molar-refractivity contribution in [1.29, 1.82) is 0 Å². The number of hydrogen-bond acceptors (Lipinski definition) is 4. The first kappa shape index (κ1) is 10.4. The van der Waals surface area contributed by atoms with Gasteiger partial charge in [-0.2, -0.15) is 0 Å². The Morgan fingerprint density at radius 2 is 2.25 bits per heavy atom. The molecule has 82 valence electrons. The van der Waals surface area contributed by atoms with E-state index in [1.807, 2.05) is 31.2 Å². The molecule has 0 saturated carbocycles. The van der Waals surface area contributed by atoms with Gasteiger partial charge in [-0.15, -0.1) is 0 Å². The molecule has 0 aliphatic carbocycles. The fourth-order valence-corrected chi connectivity index (χ4v) is 1.52. The first-order valence-corrected chi connectivity index (χ1v) is 5.08. The molecule has 4 heteroatoms. The fraction of sp³-hybridized carbons (Fsp3) is 0.167. The van der Waals surface area contributed by atoms with Gasteiger partial charge in [-0.3, -0.25) is 9.79 Å². The summed E-state index contributed by atoms with van der Waals surface area (Å²) in [5.74, 6) is 0.402. The standard InChI is InChI=1S/C12H12N2O2/c1-2-10-12(16-8-15)14-11-6-4-3-5-9(11)7-13-10/h3-8,14H,2H2,1H3. The topological polar surface area (TPSA) is 50.7 Å². The zero-order chi connectivity index (χ0) is 11.4. The van der Waals surface area contributed by atoms with Gasteiger partial charge in [0.2, 0.25) is 5.88 Å². The number of ether oxygens (including phenoxy) is 1. The number of benzene rings is 1. The van der Waals surface area contributed by atoms with Crippen LogP contribution in [0.25, 0.3) is 0 Å². The zero-order valence-electron chi connectivity index (χ0n) is 8.93. The van der Waals surface area contributed by atoms with Crippen molar-refractivity contribution in [3.63, 3.8) is 0 Å². The molecule has 16 heavy (non-hydrogen) atoms. The Hall–Kier alpha value is -2.10. The van der Waals surface area contributed by atoms with E-state index in [1.54, 1.807) is 6.21 Å². The van der Waals surface area contributed by atoms with Gasteiger partial charge in [0.15, 0.2) is 0 Å². The second kappa shape index (κ2) is 4.61. The number of para-hydroxylation sites is 1. The van der Waals surface area contributed by atoms with Gasteiger partial charge in [0.05, 0.1) is 0 Å². The van der Waals surface area contributed by atoms with Crippen LogP contribution in [0.4, 0.5) is 5.69 Å². The molecule has 0 atom stereocenters. The number of nitrogens with one attached hydrogen (secondary N) is 1. The quantitative estimate of drug-likeness (QED) is 0.788. The second-order valence-electron chi connectivity index (χ2n) is 3.31. The molecule has 0 unspecified atom stereocenters. The van der Waals surface area contributed by atoms with Crippen LogP contribution in [0.15, 0.2) is 40.8 Å². The van der Waals surface area contributed by atoms with Crippen LogP contribution in [0.3, 0.4) is 0 Å². The minimum Gasteiger partial charge on any atom is -0.410 e. The minimum atomic E-state index is 0.402. The van der Waals surface area contributed by atoms with Gasteiger partial charge in [0.25, 0.3) is 6.47 Å². The Balaban J connectivity index is 2.42. The highest BCUT2D eigenvalue weighted by atomic mass is 16.5. The van der Waals surface area contributed by atoms with Crippen LogP contribution < -0.4 is 5.32 Å². The van der Waals surface area contributed by atoms with Crippen molar-refractivity contribution >= 4 is 18.4 Å². The molecule has 0 amide bonds. The molecule has 1 aliphatic heterocycles. The third-order valence-electron chi connectivity index (χ3n) is 2.33. The lowest BCUT2D eigenvalue weighted by atomic mass is 10.2. The Bertz CT molecular complexity index is 464. The van der Waals surface area contributed by atoms with Gasteiger partial charge in [-0.25, -0.2) is 0 Å². The molecule has 1 N–H and O–H groups in total. The van der Waals surface area contributed by atoms with Gasteiger partial charge in [0, 0.05) is 17.5 Å². The van der Waals surface area contributed by atoms with Crippen LogP contribution in [-0.2, 0) is 9.53 Å². The van der Waals surface area contributed by atoms with Gasteiger partial charge in [-0.1, -0.05) is 25.1 Å². The summed E-state index contributed by atoms with van der Waals surface area (Å²) in [6.45, 7) is 2.36. The number of nitrogens with zero attached hydrogens (tertiary/aromatic N) is 1. The van der Waals surface area contributed by atoms with E-state index in [0.717, 1.165) is 16.9 Å². The molecule has 1 aromatic carbocycles. The van der Waals surface area contributed by atoms with E-state index in [1.165, 1.54) is 0 Å². The summed E-state index contributed by atoms with van der Waals surface area (Å²) in [5.41, 5.74) is 2.58. The molecule has 1 aliphatic rings. The third kappa shape index (κ3) is 1.95. The summed E-state index contributed by atoms with van der Waals surface area (Å²) >= 11 is 0. The fourth-order valence-electron chi connectivity index (χ4n) is 1.52. The molecule has 0 spiro atoms. The molecular weight excluding hydrogens is 204 g/mol. The van der Waals surface area contributed by atoms with E-state index in [4.69, 9.17) is 4.74 Å². The second-order valence-corrected chi connectivity index (χ2v) is 3.31. The van der Waals surface area contributed by atoms with Gasteiger partial charge >= 0.3 is 0 Å². The summed E-state index contributed by atoms with van der Waals surface area (Å²) in [6.07, 6.45) is 2.46. The molecular formula is C12H12N2O2. The van der Waals surface area contributed by atoms with Crippen molar-refractivity contribution in [3.8, 4) is 0 Å². The smallest absolute Gasteiger partial charge is 0.299 e. The van der Waals surface area contributed by atoms with E-state index in [2.05, 4.69) is 10.3 Å². The first-order valence-electron chi connectivity index (χ1n) is 5.08. The Morgan fingerprint density at radius 1 is 1.44 bits per heavy atom. The van der Waals surface area contributed by atoms with Crippen LogP contribution in [0, 0.1) is 0 Å². The molecule has 0 saturated heterocycles. The zero-order valence-corrected chi connectivity index (χ0v) is 8.93. The molecule has 0 aromatic heterocycles. The minimum absolute atomic E-state index is 0.402. The number of allylic oxidation sites excluding steroid dienone is 1. The lowest BCUT2D eigenvalue weighted by molar-refractivity contribution is -0.124. The lowest BCUT2D eigenvalue weighted by Gasteiger charge is -2.09. The van der Waals surface area contributed by atoms with E-state index in [0.29, 0.717) is 18.8 Å². The number of aliphatic imine (C=N–C) groups is 1. The summed E-state index contributed by atoms with van der Waals surface area (Å²) in [5, 5.41) is 3.06. The van der Waals surface area contributed by atoms with Crippen LogP contribution in [0.1, 0.15) is 18.9 Å². The van der Waals surface area contributed by atoms with Crippen molar-refractivity contribution in [1.82, 2.24) is 0 Å². The molecule has 1 heterocycles. The number of carbonyl (C=O) groups excluding carboxylic acids is 1. The Morgan fingerprint density at radius 3 is 3.00 bits per heavy atom. The van der Waals surface area contributed by atoms with Gasteiger partial charge < -0.3 is 10.1 Å². The number of carbonyl (C=O) groups is 1. The molecule has 1 aromatic rings. The Kier molecular flexibility index (Phi) is 3.00. The van der Waals surface area contributed by atoms with E-state index >= 15 is 0 Å². The van der Waals surface area contributed by atoms with Crippen molar-refractivity contribution in [2.24, 2.45) is 4.99 Å². The first-order chi connectivity index (χ1) is 7.85. The third-order valence-corrected chi connectivity index (χ3v) is 2.33. The summed E-state index contributed by atoms with van der Waals surface area (Å²) in [4.78, 5) is 14.7. The van der Waals surface area contributed by atoms with E-state index < -0.39 is 0 Å². The predicted octanol–water partition coefficient (Wildman–Crippen LogP) is 2.28. The van der Waals surface area contributed by atoms with Gasteiger partial charge in [-0.05, 0) is 12.5 Å². The summed E-state index contributed by atoms with van der Waals surface area (Å²) < 4.78 is 4.90. The van der Waals surface area contributed by atoms with Gasteiger partial charge in [0.1, 0.15) is 5.70 Å². The molecule has 4 nitrogen and oxygen atoms in total. The normalized spacial score (nSPS) is 13.8. The number of anilines is 1. The van der Waals surface area contributed by atoms with Crippen LogP contribution >= 0.6 is 0 Å². The highest BCUT2D eigenvalue weighted by Gasteiger charge is 2.11. The van der Waals surface area contributed by atoms with E-state index in [9.17, 15) is 4.79 Å². The Labute approximate surface area is 93.6 Å². The molecule has 0 fully saturated rings. The highest BCUT2D eigenvalue weighted by Crippen LogP contribution is 2.22. The van der Waals surface area contributed by atoms with Crippen LogP contribution in [-0.4, -0.2) is 12.7 Å².